The van der Waals surface area contributed by atoms with Crippen molar-refractivity contribution < 1.29 is 25.2 Å². The minimum absolute atomic E-state index is 0.0433. The molecule has 154 valence electrons. The number of benzene rings is 2. The van der Waals surface area contributed by atoms with E-state index in [-0.39, 0.29) is 25.0 Å². The zero-order valence-electron chi connectivity index (χ0n) is 16.0. The van der Waals surface area contributed by atoms with Gasteiger partial charge < -0.3 is 0 Å². The molecule has 8 heteroatoms. The maximum Gasteiger partial charge on any atom is 0.264 e. The van der Waals surface area contributed by atoms with E-state index in [1.807, 2.05) is 60.7 Å². The molecular weight excluding hydrogens is 400 g/mol. The number of rotatable bonds is 11. The van der Waals surface area contributed by atoms with Crippen molar-refractivity contribution in [3.8, 4) is 0 Å². The first-order valence-electron chi connectivity index (χ1n) is 8.89. The highest BCUT2D eigenvalue weighted by Crippen LogP contribution is 2.24. The third kappa shape index (κ3) is 8.97. The second-order valence-electron chi connectivity index (χ2n) is 6.88. The molecule has 28 heavy (non-hydrogen) atoms. The molecule has 0 spiro atoms. The smallest absolute Gasteiger partial charge is 0.264 e. The van der Waals surface area contributed by atoms with Gasteiger partial charge in [0.1, 0.15) is 0 Å². The normalized spacial score (nSPS) is 14.5. The molecule has 0 amide bonds. The highest BCUT2D eigenvalue weighted by atomic mass is 32.2. The summed E-state index contributed by atoms with van der Waals surface area (Å²) < 4.78 is 56.3. The fourth-order valence-corrected chi connectivity index (χ4v) is 3.82. The van der Waals surface area contributed by atoms with Crippen molar-refractivity contribution in [1.82, 2.24) is 0 Å². The van der Waals surface area contributed by atoms with E-state index in [0.717, 1.165) is 23.6 Å². The SMILES string of the molecule is CS(=O)(=O)OCC(Cc1ccccc1)C(COS(C)(=O)=O)Cc1ccccc1. The molecule has 2 aromatic carbocycles. The van der Waals surface area contributed by atoms with Crippen LogP contribution in [-0.2, 0) is 41.4 Å². The Kier molecular flexibility index (Phi) is 8.18. The first-order chi connectivity index (χ1) is 13.1. The zero-order chi connectivity index (χ0) is 20.6. The van der Waals surface area contributed by atoms with Gasteiger partial charge in [0, 0.05) is 0 Å². The Balaban J connectivity index is 2.27. The van der Waals surface area contributed by atoms with Gasteiger partial charge in [-0.2, -0.15) is 16.8 Å². The first-order valence-corrected chi connectivity index (χ1v) is 12.5. The summed E-state index contributed by atoms with van der Waals surface area (Å²) in [6.07, 6.45) is 3.10. The summed E-state index contributed by atoms with van der Waals surface area (Å²) in [5.74, 6) is -0.502. The van der Waals surface area contributed by atoms with Gasteiger partial charge in [-0.3, -0.25) is 8.37 Å². The average Bonchev–Trinajstić information content (AvgIpc) is 2.62. The van der Waals surface area contributed by atoms with Crippen LogP contribution in [0.15, 0.2) is 60.7 Å². The van der Waals surface area contributed by atoms with Crippen LogP contribution in [0, 0.1) is 11.8 Å². The zero-order valence-corrected chi connectivity index (χ0v) is 17.7. The molecule has 0 fully saturated rings. The summed E-state index contributed by atoms with van der Waals surface area (Å²) in [7, 11) is -7.24. The molecule has 0 radical (unpaired) electrons. The minimum atomic E-state index is -3.62. The highest BCUT2D eigenvalue weighted by Gasteiger charge is 2.26. The summed E-state index contributed by atoms with van der Waals surface area (Å²) in [5.41, 5.74) is 2.03. The van der Waals surface area contributed by atoms with Crippen molar-refractivity contribution in [2.45, 2.75) is 12.8 Å². The van der Waals surface area contributed by atoms with Crippen molar-refractivity contribution in [3.63, 3.8) is 0 Å². The van der Waals surface area contributed by atoms with Crippen LogP contribution in [0.3, 0.4) is 0 Å². The van der Waals surface area contributed by atoms with Crippen LogP contribution in [0.1, 0.15) is 11.1 Å². The Bertz CT molecular complexity index is 846. The molecule has 0 aliphatic heterocycles. The van der Waals surface area contributed by atoms with Crippen LogP contribution in [0.25, 0.3) is 0 Å². The predicted octanol–water partition coefficient (Wildman–Crippen LogP) is 2.66. The van der Waals surface area contributed by atoms with Crippen molar-refractivity contribution >= 4 is 20.2 Å². The summed E-state index contributed by atoms with van der Waals surface area (Å²) >= 11 is 0. The van der Waals surface area contributed by atoms with Gasteiger partial charge in [0.2, 0.25) is 0 Å². The molecule has 2 aromatic rings. The van der Waals surface area contributed by atoms with E-state index in [1.54, 1.807) is 0 Å². The molecule has 0 aliphatic rings. The van der Waals surface area contributed by atoms with Gasteiger partial charge in [0.15, 0.2) is 0 Å². The molecule has 2 atom stereocenters. The lowest BCUT2D eigenvalue weighted by Crippen LogP contribution is -2.30. The Morgan fingerprint density at radius 1 is 0.643 bits per heavy atom. The molecule has 0 aromatic heterocycles. The van der Waals surface area contributed by atoms with Crippen LogP contribution < -0.4 is 0 Å². The Labute approximate surface area is 167 Å². The highest BCUT2D eigenvalue weighted by molar-refractivity contribution is 7.86. The van der Waals surface area contributed by atoms with E-state index in [1.165, 1.54) is 0 Å². The third-order valence-electron chi connectivity index (χ3n) is 4.34. The fraction of sp³-hybridized carbons (Fsp3) is 0.400. The van der Waals surface area contributed by atoms with E-state index in [0.29, 0.717) is 12.8 Å². The largest absolute Gasteiger partial charge is 0.270 e. The minimum Gasteiger partial charge on any atom is -0.270 e. The topological polar surface area (TPSA) is 86.7 Å². The molecule has 2 unspecified atom stereocenters. The van der Waals surface area contributed by atoms with Gasteiger partial charge in [-0.15, -0.1) is 0 Å². The standard InChI is InChI=1S/C20H26O6S2/c1-27(21,22)25-15-19(13-17-9-5-3-6-10-17)20(16-26-28(2,23)24)14-18-11-7-4-8-12-18/h3-12,19-20H,13-16H2,1-2H3. The fourth-order valence-electron chi connectivity index (χ4n) is 2.98. The van der Waals surface area contributed by atoms with E-state index < -0.39 is 20.2 Å². The van der Waals surface area contributed by atoms with E-state index in [4.69, 9.17) is 8.37 Å². The van der Waals surface area contributed by atoms with Crippen LogP contribution >= 0.6 is 0 Å². The van der Waals surface area contributed by atoms with Gasteiger partial charge in [0.25, 0.3) is 20.2 Å². The van der Waals surface area contributed by atoms with Crippen LogP contribution in [-0.4, -0.2) is 42.6 Å². The van der Waals surface area contributed by atoms with E-state index >= 15 is 0 Å². The Morgan fingerprint density at radius 2 is 0.964 bits per heavy atom. The maximum atomic E-state index is 11.5. The van der Waals surface area contributed by atoms with Crippen LogP contribution in [0.4, 0.5) is 0 Å². The van der Waals surface area contributed by atoms with Gasteiger partial charge in [-0.25, -0.2) is 0 Å². The lowest BCUT2D eigenvalue weighted by atomic mass is 9.84. The lowest BCUT2D eigenvalue weighted by Gasteiger charge is -2.27. The molecule has 2 rings (SSSR count). The quantitative estimate of drug-likeness (QED) is 0.514. The molecule has 0 heterocycles. The summed E-state index contributed by atoms with van der Waals surface area (Å²) in [6, 6.07) is 19.2. The monoisotopic (exact) mass is 426 g/mol. The Hall–Kier alpha value is -1.74. The average molecular weight is 427 g/mol. The number of hydrogen-bond acceptors (Lipinski definition) is 6. The molecular formula is C20H26O6S2. The van der Waals surface area contributed by atoms with Crippen molar-refractivity contribution in [2.75, 3.05) is 25.7 Å². The molecule has 6 nitrogen and oxygen atoms in total. The second kappa shape index (κ2) is 10.2. The third-order valence-corrected chi connectivity index (χ3v) is 5.47. The molecule has 0 aliphatic carbocycles. The molecule has 0 saturated heterocycles. The van der Waals surface area contributed by atoms with Crippen molar-refractivity contribution in [1.29, 1.82) is 0 Å². The van der Waals surface area contributed by atoms with Crippen molar-refractivity contribution in [3.05, 3.63) is 71.8 Å². The van der Waals surface area contributed by atoms with Crippen molar-refractivity contribution in [2.24, 2.45) is 11.8 Å². The maximum absolute atomic E-state index is 11.5. The van der Waals surface area contributed by atoms with Gasteiger partial charge in [0.05, 0.1) is 25.7 Å². The van der Waals surface area contributed by atoms with Crippen LogP contribution in [0.2, 0.25) is 0 Å². The summed E-state index contributed by atoms with van der Waals surface area (Å²) in [4.78, 5) is 0. The summed E-state index contributed by atoms with van der Waals surface area (Å²) in [6.45, 7) is -0.0866. The van der Waals surface area contributed by atoms with Gasteiger partial charge in [-0.1, -0.05) is 60.7 Å². The first kappa shape index (κ1) is 22.5. The Morgan fingerprint density at radius 3 is 1.25 bits per heavy atom. The summed E-state index contributed by atoms with van der Waals surface area (Å²) in [5, 5.41) is 0. The van der Waals surface area contributed by atoms with E-state index in [9.17, 15) is 16.8 Å². The molecule has 0 N–H and O–H groups in total. The van der Waals surface area contributed by atoms with Gasteiger partial charge >= 0.3 is 0 Å². The van der Waals surface area contributed by atoms with E-state index in [2.05, 4.69) is 0 Å². The number of hydrogen-bond donors (Lipinski definition) is 0. The van der Waals surface area contributed by atoms with Gasteiger partial charge in [-0.05, 0) is 35.8 Å². The second-order valence-corrected chi connectivity index (χ2v) is 10.2. The van der Waals surface area contributed by atoms with Crippen LogP contribution in [0.5, 0.6) is 0 Å². The lowest BCUT2D eigenvalue weighted by molar-refractivity contribution is 0.147. The molecule has 0 bridgehead atoms. The molecule has 0 saturated carbocycles. The predicted molar refractivity (Wildman–Crippen MR) is 109 cm³/mol.